The molecule has 3 rings (SSSR count). The molecule has 6 nitrogen and oxygen atoms in total. The first-order valence-electron chi connectivity index (χ1n) is 8.11. The van der Waals surface area contributed by atoms with Gasteiger partial charge in [-0.05, 0) is 43.5 Å². The molecule has 0 amide bonds. The van der Waals surface area contributed by atoms with E-state index >= 15 is 0 Å². The van der Waals surface area contributed by atoms with Crippen LogP contribution in [-0.4, -0.2) is 50.9 Å². The number of likely N-dealkylation sites (tertiary alicyclic amines) is 1. The minimum absolute atomic E-state index is 0.0148. The number of nitrogens with two attached hydrogens (primary N) is 1. The van der Waals surface area contributed by atoms with Crippen molar-refractivity contribution in [2.75, 3.05) is 19.6 Å². The van der Waals surface area contributed by atoms with Crippen molar-refractivity contribution in [3.63, 3.8) is 0 Å². The summed E-state index contributed by atoms with van der Waals surface area (Å²) >= 11 is 0. The lowest BCUT2D eigenvalue weighted by molar-refractivity contribution is 0.0812. The molecule has 1 aliphatic rings. The highest BCUT2D eigenvalue weighted by Crippen LogP contribution is 2.19. The fourth-order valence-electron chi connectivity index (χ4n) is 2.87. The van der Waals surface area contributed by atoms with Crippen LogP contribution in [0.25, 0.3) is 11.3 Å². The van der Waals surface area contributed by atoms with Gasteiger partial charge in [0.2, 0.25) is 0 Å². The summed E-state index contributed by atoms with van der Waals surface area (Å²) in [5.74, 6) is 0. The zero-order chi connectivity index (χ0) is 16.1. The second kappa shape index (κ2) is 7.59. The van der Waals surface area contributed by atoms with E-state index in [4.69, 9.17) is 5.73 Å². The van der Waals surface area contributed by atoms with Crippen LogP contribution in [0.4, 0.5) is 0 Å². The molecule has 0 saturated carbocycles. The molecule has 0 spiro atoms. The fraction of sp³-hybridized carbons (Fsp3) is 0.471. The van der Waals surface area contributed by atoms with Gasteiger partial charge < -0.3 is 15.7 Å². The highest BCUT2D eigenvalue weighted by atomic mass is 16.3. The monoisotopic (exact) mass is 313 g/mol. The quantitative estimate of drug-likeness (QED) is 0.867. The van der Waals surface area contributed by atoms with Gasteiger partial charge in [0.1, 0.15) is 0 Å². The van der Waals surface area contributed by atoms with Crippen molar-refractivity contribution in [1.82, 2.24) is 20.1 Å². The van der Waals surface area contributed by atoms with E-state index in [9.17, 15) is 5.11 Å². The number of aliphatic hydroxyl groups is 1. The SMILES string of the molecule is NC(CCN1CCC(O)CC1)c1ccc(-c2ccnnc2)nc1. The summed E-state index contributed by atoms with van der Waals surface area (Å²) in [5, 5.41) is 17.2. The summed E-state index contributed by atoms with van der Waals surface area (Å²) in [6.07, 6.45) is 7.71. The smallest absolute Gasteiger partial charge is 0.0718 e. The van der Waals surface area contributed by atoms with Gasteiger partial charge in [-0.1, -0.05) is 6.07 Å². The molecule has 1 fully saturated rings. The van der Waals surface area contributed by atoms with Crippen LogP contribution in [0.1, 0.15) is 30.9 Å². The second-order valence-electron chi connectivity index (χ2n) is 6.08. The van der Waals surface area contributed by atoms with Gasteiger partial charge in [-0.15, -0.1) is 0 Å². The van der Waals surface area contributed by atoms with Crippen molar-refractivity contribution in [1.29, 1.82) is 0 Å². The predicted molar refractivity (Wildman–Crippen MR) is 88.5 cm³/mol. The molecule has 0 aromatic carbocycles. The van der Waals surface area contributed by atoms with Crippen LogP contribution in [0, 0.1) is 0 Å². The maximum Gasteiger partial charge on any atom is 0.0718 e. The Hall–Kier alpha value is -1.89. The van der Waals surface area contributed by atoms with Crippen LogP contribution < -0.4 is 5.73 Å². The minimum atomic E-state index is -0.126. The van der Waals surface area contributed by atoms with E-state index in [1.165, 1.54) is 0 Å². The van der Waals surface area contributed by atoms with Gasteiger partial charge in [-0.3, -0.25) is 4.98 Å². The molecule has 3 heterocycles. The van der Waals surface area contributed by atoms with E-state index in [0.29, 0.717) is 0 Å². The van der Waals surface area contributed by atoms with E-state index in [0.717, 1.165) is 55.7 Å². The molecule has 6 heteroatoms. The Kier molecular flexibility index (Phi) is 5.27. The van der Waals surface area contributed by atoms with Crippen molar-refractivity contribution in [2.45, 2.75) is 31.4 Å². The number of piperidine rings is 1. The van der Waals surface area contributed by atoms with E-state index in [1.54, 1.807) is 12.4 Å². The summed E-state index contributed by atoms with van der Waals surface area (Å²) in [7, 11) is 0. The number of aliphatic hydroxyl groups excluding tert-OH is 1. The predicted octanol–water partition coefficient (Wildman–Crippen LogP) is 1.39. The summed E-state index contributed by atoms with van der Waals surface area (Å²) in [6.45, 7) is 2.88. The molecule has 122 valence electrons. The first-order valence-corrected chi connectivity index (χ1v) is 8.11. The molecule has 0 radical (unpaired) electrons. The average molecular weight is 313 g/mol. The second-order valence-corrected chi connectivity index (χ2v) is 6.08. The van der Waals surface area contributed by atoms with Crippen LogP contribution in [0.5, 0.6) is 0 Å². The number of nitrogens with zero attached hydrogens (tertiary/aromatic N) is 4. The molecule has 3 N–H and O–H groups in total. The molecule has 1 atom stereocenters. The van der Waals surface area contributed by atoms with E-state index in [2.05, 4.69) is 20.1 Å². The number of aromatic nitrogens is 3. The Bertz CT molecular complexity index is 596. The van der Waals surface area contributed by atoms with Gasteiger partial charge in [-0.2, -0.15) is 10.2 Å². The molecule has 23 heavy (non-hydrogen) atoms. The van der Waals surface area contributed by atoms with Crippen molar-refractivity contribution in [3.05, 3.63) is 42.4 Å². The third-order valence-electron chi connectivity index (χ3n) is 4.41. The molecule has 2 aromatic heterocycles. The fourth-order valence-corrected chi connectivity index (χ4v) is 2.87. The number of rotatable bonds is 5. The standard InChI is InChI=1S/C17H23N5O/c18-16(6-10-22-8-4-15(23)5-9-22)13-1-2-17(19-11-13)14-3-7-20-21-12-14/h1-3,7,11-12,15-16,23H,4-6,8-10,18H2. The summed E-state index contributed by atoms with van der Waals surface area (Å²) in [6, 6.07) is 5.88. The lowest BCUT2D eigenvalue weighted by Gasteiger charge is -2.30. The number of pyridine rings is 1. The Morgan fingerprint density at radius 2 is 2.00 bits per heavy atom. The normalized spacial score (nSPS) is 18.0. The molecule has 0 bridgehead atoms. The van der Waals surface area contributed by atoms with Gasteiger partial charge in [-0.25, -0.2) is 0 Å². The van der Waals surface area contributed by atoms with Crippen LogP contribution in [0.2, 0.25) is 0 Å². The van der Waals surface area contributed by atoms with Crippen molar-refractivity contribution in [3.8, 4) is 11.3 Å². The van der Waals surface area contributed by atoms with Crippen LogP contribution >= 0.6 is 0 Å². The molecular formula is C17H23N5O. The summed E-state index contributed by atoms with van der Waals surface area (Å²) in [5.41, 5.74) is 9.17. The van der Waals surface area contributed by atoms with E-state index < -0.39 is 0 Å². The molecule has 1 saturated heterocycles. The zero-order valence-corrected chi connectivity index (χ0v) is 13.2. The Morgan fingerprint density at radius 1 is 1.17 bits per heavy atom. The van der Waals surface area contributed by atoms with Gasteiger partial charge in [0.25, 0.3) is 0 Å². The Labute approximate surface area is 136 Å². The van der Waals surface area contributed by atoms with Crippen molar-refractivity contribution >= 4 is 0 Å². The number of hydrogen-bond donors (Lipinski definition) is 2. The third kappa shape index (κ3) is 4.31. The molecule has 0 aliphatic carbocycles. The first-order chi connectivity index (χ1) is 11.2. The first kappa shape index (κ1) is 16.0. The van der Waals surface area contributed by atoms with Gasteiger partial charge in [0.05, 0.1) is 24.2 Å². The maximum atomic E-state index is 9.53. The van der Waals surface area contributed by atoms with Crippen molar-refractivity contribution < 1.29 is 5.11 Å². The molecule has 1 unspecified atom stereocenters. The van der Waals surface area contributed by atoms with E-state index in [1.807, 2.05) is 24.4 Å². The van der Waals surface area contributed by atoms with E-state index in [-0.39, 0.29) is 12.1 Å². The topological polar surface area (TPSA) is 88.2 Å². The number of hydrogen-bond acceptors (Lipinski definition) is 6. The largest absolute Gasteiger partial charge is 0.393 e. The van der Waals surface area contributed by atoms with Gasteiger partial charge >= 0.3 is 0 Å². The van der Waals surface area contributed by atoms with Crippen LogP contribution in [0.15, 0.2) is 36.8 Å². The molecule has 1 aliphatic heterocycles. The summed E-state index contributed by atoms with van der Waals surface area (Å²) < 4.78 is 0. The lowest BCUT2D eigenvalue weighted by atomic mass is 10.0. The zero-order valence-electron chi connectivity index (χ0n) is 13.2. The highest BCUT2D eigenvalue weighted by Gasteiger charge is 2.17. The van der Waals surface area contributed by atoms with Crippen LogP contribution in [-0.2, 0) is 0 Å². The molecule has 2 aromatic rings. The van der Waals surface area contributed by atoms with Crippen LogP contribution in [0.3, 0.4) is 0 Å². The van der Waals surface area contributed by atoms with Gasteiger partial charge in [0, 0.05) is 30.9 Å². The third-order valence-corrected chi connectivity index (χ3v) is 4.41. The average Bonchev–Trinajstić information content (AvgIpc) is 2.62. The van der Waals surface area contributed by atoms with Crippen molar-refractivity contribution in [2.24, 2.45) is 5.73 Å². The summed E-state index contributed by atoms with van der Waals surface area (Å²) in [4.78, 5) is 6.85. The van der Waals surface area contributed by atoms with Gasteiger partial charge in [0.15, 0.2) is 0 Å². The Balaban J connectivity index is 1.54. The minimum Gasteiger partial charge on any atom is -0.393 e. The molecular weight excluding hydrogens is 290 g/mol. The Morgan fingerprint density at radius 3 is 2.65 bits per heavy atom. The lowest BCUT2D eigenvalue weighted by Crippen LogP contribution is -2.37. The maximum absolute atomic E-state index is 9.53. The highest BCUT2D eigenvalue weighted by molar-refractivity contribution is 5.57.